The Balaban J connectivity index is 1.70. The van der Waals surface area contributed by atoms with E-state index in [0.29, 0.717) is 26.8 Å². The monoisotopic (exact) mass is 440 g/mol. The second-order valence-corrected chi connectivity index (χ2v) is 6.45. The third-order valence-electron chi connectivity index (χ3n) is 4.28. The van der Waals surface area contributed by atoms with Crippen LogP contribution in [0.3, 0.4) is 0 Å². The SMILES string of the molecule is Nc1ncc(-c2ccc3c(O)n(-c4cnn(CC(F)(F)F)c4)cc3n2)cc1OC(F)F. The average molecular weight is 440 g/mol. The zero-order valence-electron chi connectivity index (χ0n) is 15.4. The zero-order valence-corrected chi connectivity index (χ0v) is 15.4. The number of hydrogen-bond donors (Lipinski definition) is 2. The molecule has 0 radical (unpaired) electrons. The van der Waals surface area contributed by atoms with Crippen LogP contribution in [0.15, 0.2) is 43.0 Å². The highest BCUT2D eigenvalue weighted by Gasteiger charge is 2.28. The maximum atomic E-state index is 12.5. The van der Waals surface area contributed by atoms with E-state index in [1.807, 2.05) is 0 Å². The van der Waals surface area contributed by atoms with E-state index in [4.69, 9.17) is 5.73 Å². The van der Waals surface area contributed by atoms with Crippen molar-refractivity contribution < 1.29 is 31.8 Å². The van der Waals surface area contributed by atoms with Gasteiger partial charge in [0.25, 0.3) is 0 Å². The Labute approximate surface area is 170 Å². The molecule has 0 amide bonds. The van der Waals surface area contributed by atoms with Crippen molar-refractivity contribution in [3.63, 3.8) is 0 Å². The average Bonchev–Trinajstić information content (AvgIpc) is 3.25. The fourth-order valence-electron chi connectivity index (χ4n) is 2.97. The van der Waals surface area contributed by atoms with Crippen LogP contribution in [0.2, 0.25) is 0 Å². The Morgan fingerprint density at radius 2 is 1.94 bits per heavy atom. The first-order chi connectivity index (χ1) is 14.6. The van der Waals surface area contributed by atoms with Gasteiger partial charge in [0.1, 0.15) is 6.54 Å². The normalized spacial score (nSPS) is 12.1. The molecule has 8 nitrogen and oxygen atoms in total. The highest BCUT2D eigenvalue weighted by atomic mass is 19.4. The molecule has 0 aliphatic rings. The van der Waals surface area contributed by atoms with Crippen LogP contribution in [0.25, 0.3) is 27.8 Å². The van der Waals surface area contributed by atoms with Gasteiger partial charge < -0.3 is 15.6 Å². The zero-order chi connectivity index (χ0) is 22.3. The van der Waals surface area contributed by atoms with Gasteiger partial charge in [0.15, 0.2) is 11.6 Å². The molecule has 3 N–H and O–H groups in total. The Morgan fingerprint density at radius 3 is 2.65 bits per heavy atom. The molecular weight excluding hydrogens is 427 g/mol. The van der Waals surface area contributed by atoms with Gasteiger partial charge in [0, 0.05) is 24.2 Å². The molecule has 0 aromatic carbocycles. The lowest BCUT2D eigenvalue weighted by molar-refractivity contribution is -0.142. The van der Waals surface area contributed by atoms with Gasteiger partial charge in [-0.25, -0.2) is 9.97 Å². The molecule has 0 atom stereocenters. The maximum Gasteiger partial charge on any atom is 0.408 e. The summed E-state index contributed by atoms with van der Waals surface area (Å²) in [5, 5.41) is 14.4. The lowest BCUT2D eigenvalue weighted by Gasteiger charge is -2.08. The van der Waals surface area contributed by atoms with Gasteiger partial charge >= 0.3 is 12.8 Å². The molecule has 0 fully saturated rings. The van der Waals surface area contributed by atoms with Crippen molar-refractivity contribution in [1.82, 2.24) is 24.3 Å². The van der Waals surface area contributed by atoms with Gasteiger partial charge in [0.2, 0.25) is 5.88 Å². The van der Waals surface area contributed by atoms with Crippen LogP contribution < -0.4 is 10.5 Å². The van der Waals surface area contributed by atoms with E-state index < -0.39 is 19.3 Å². The summed E-state index contributed by atoms with van der Waals surface area (Å²) in [5.74, 6) is -0.783. The van der Waals surface area contributed by atoms with Gasteiger partial charge in [-0.2, -0.15) is 27.1 Å². The summed E-state index contributed by atoms with van der Waals surface area (Å²) in [6.07, 6.45) is 0.585. The predicted molar refractivity (Wildman–Crippen MR) is 98.9 cm³/mol. The topological polar surface area (TPSA) is 104 Å². The minimum atomic E-state index is -4.44. The number of anilines is 1. The minimum Gasteiger partial charge on any atom is -0.494 e. The minimum absolute atomic E-state index is 0.197. The Morgan fingerprint density at radius 1 is 1.16 bits per heavy atom. The molecule has 0 unspecified atom stereocenters. The van der Waals surface area contributed by atoms with Crippen LogP contribution in [-0.4, -0.2) is 42.2 Å². The number of hydrogen-bond acceptors (Lipinski definition) is 6. The smallest absolute Gasteiger partial charge is 0.408 e. The van der Waals surface area contributed by atoms with Crippen molar-refractivity contribution in [3.8, 4) is 28.6 Å². The van der Waals surface area contributed by atoms with E-state index >= 15 is 0 Å². The van der Waals surface area contributed by atoms with Crippen LogP contribution in [-0.2, 0) is 6.54 Å². The lowest BCUT2D eigenvalue weighted by atomic mass is 10.1. The summed E-state index contributed by atoms with van der Waals surface area (Å²) in [7, 11) is 0. The number of halogens is 5. The number of nitrogens with two attached hydrogens (primary N) is 1. The Hall–Kier alpha value is -3.90. The second kappa shape index (κ2) is 7.41. The van der Waals surface area contributed by atoms with Crippen molar-refractivity contribution in [2.75, 3.05) is 5.73 Å². The number of ether oxygens (including phenoxy) is 1. The van der Waals surface area contributed by atoms with Gasteiger partial charge in [-0.05, 0) is 18.2 Å². The molecule has 4 rings (SSSR count). The van der Waals surface area contributed by atoms with Crippen molar-refractivity contribution in [2.24, 2.45) is 0 Å². The van der Waals surface area contributed by atoms with Crippen molar-refractivity contribution in [1.29, 1.82) is 0 Å². The fourth-order valence-corrected chi connectivity index (χ4v) is 2.97. The van der Waals surface area contributed by atoms with Gasteiger partial charge in [-0.3, -0.25) is 9.25 Å². The number of rotatable bonds is 5. The summed E-state index contributed by atoms with van der Waals surface area (Å²) >= 11 is 0. The first kappa shape index (κ1) is 20.4. The molecule has 0 aliphatic carbocycles. The maximum absolute atomic E-state index is 12.5. The van der Waals surface area contributed by atoms with Crippen molar-refractivity contribution >= 4 is 16.7 Å². The van der Waals surface area contributed by atoms with Crippen LogP contribution in [0, 0.1) is 0 Å². The summed E-state index contributed by atoms with van der Waals surface area (Å²) in [6.45, 7) is -4.36. The van der Waals surface area contributed by atoms with E-state index in [-0.39, 0.29) is 23.1 Å². The van der Waals surface area contributed by atoms with E-state index in [1.54, 1.807) is 0 Å². The standard InChI is InChI=1S/C18H13F5N6O2/c19-17(20)31-14-3-9(4-25-15(14)24)12-2-1-11-13(27-12)7-29(16(11)30)10-5-26-28(6-10)8-18(21,22)23/h1-7,17,30H,8H2,(H2,24,25). The highest BCUT2D eigenvalue weighted by Crippen LogP contribution is 2.33. The van der Waals surface area contributed by atoms with Gasteiger partial charge in [-0.1, -0.05) is 0 Å². The quantitative estimate of drug-likeness (QED) is 0.459. The number of nitrogens with zero attached hydrogens (tertiary/aromatic N) is 5. The molecule has 0 aliphatic heterocycles. The number of alkyl halides is 5. The molecular formula is C18H13F5N6O2. The molecule has 0 spiro atoms. The molecule has 4 aromatic rings. The molecule has 31 heavy (non-hydrogen) atoms. The van der Waals surface area contributed by atoms with Crippen LogP contribution in [0.1, 0.15) is 0 Å². The molecule has 4 heterocycles. The summed E-state index contributed by atoms with van der Waals surface area (Å²) in [4.78, 5) is 8.17. The molecule has 0 saturated carbocycles. The van der Waals surface area contributed by atoms with Crippen molar-refractivity contribution in [3.05, 3.63) is 43.0 Å². The van der Waals surface area contributed by atoms with Crippen LogP contribution in [0.4, 0.5) is 27.8 Å². The summed E-state index contributed by atoms with van der Waals surface area (Å²) < 4.78 is 68.9. The molecule has 13 heteroatoms. The third kappa shape index (κ3) is 4.20. The van der Waals surface area contributed by atoms with Gasteiger partial charge in [-0.15, -0.1) is 0 Å². The Bertz CT molecular complexity index is 1250. The van der Waals surface area contributed by atoms with E-state index in [2.05, 4.69) is 19.8 Å². The molecule has 4 aromatic heterocycles. The number of nitrogen functional groups attached to an aromatic ring is 1. The number of aromatic nitrogens is 5. The van der Waals surface area contributed by atoms with Crippen molar-refractivity contribution in [2.45, 2.75) is 19.3 Å². The predicted octanol–water partition coefficient (Wildman–Crippen LogP) is 3.74. The highest BCUT2D eigenvalue weighted by molar-refractivity contribution is 5.87. The number of pyridine rings is 2. The van der Waals surface area contributed by atoms with Gasteiger partial charge in [0.05, 0.1) is 28.5 Å². The van der Waals surface area contributed by atoms with E-state index in [9.17, 15) is 27.1 Å². The molecule has 162 valence electrons. The summed E-state index contributed by atoms with van der Waals surface area (Å²) in [5.41, 5.74) is 6.68. The number of fused-ring (bicyclic) bond motifs is 1. The molecule has 0 saturated heterocycles. The lowest BCUT2D eigenvalue weighted by Crippen LogP contribution is -2.17. The number of aromatic hydroxyl groups is 1. The summed E-state index contributed by atoms with van der Waals surface area (Å²) in [6, 6.07) is 4.28. The first-order valence-electron chi connectivity index (χ1n) is 8.62. The van der Waals surface area contributed by atoms with Crippen LogP contribution >= 0.6 is 0 Å². The fraction of sp³-hybridized carbons (Fsp3) is 0.167. The van der Waals surface area contributed by atoms with E-state index in [1.165, 1.54) is 41.4 Å². The molecule has 0 bridgehead atoms. The van der Waals surface area contributed by atoms with Crippen LogP contribution in [0.5, 0.6) is 11.6 Å². The largest absolute Gasteiger partial charge is 0.494 e. The first-order valence-corrected chi connectivity index (χ1v) is 8.62. The Kier molecular flexibility index (Phi) is 4.87. The van der Waals surface area contributed by atoms with E-state index in [0.717, 1.165) is 6.20 Å². The second-order valence-electron chi connectivity index (χ2n) is 6.45. The third-order valence-corrected chi connectivity index (χ3v) is 4.28.